The molecule has 0 radical (unpaired) electrons. The number of aromatic nitrogens is 2. The zero-order valence-corrected chi connectivity index (χ0v) is 14.2. The average Bonchev–Trinajstić information content (AvgIpc) is 3.04. The van der Waals surface area contributed by atoms with Crippen LogP contribution in [0.1, 0.15) is 57.8 Å². The second kappa shape index (κ2) is 7.06. The van der Waals surface area contributed by atoms with Crippen molar-refractivity contribution >= 4 is 10.0 Å². The fourth-order valence-corrected chi connectivity index (χ4v) is 4.93. The molecule has 0 saturated carbocycles. The van der Waals surface area contributed by atoms with E-state index >= 15 is 0 Å². The summed E-state index contributed by atoms with van der Waals surface area (Å²) in [6.45, 7) is 5.97. The van der Waals surface area contributed by atoms with Crippen molar-refractivity contribution in [1.29, 1.82) is 0 Å². The topological polar surface area (TPSA) is 96.5 Å². The first kappa shape index (κ1) is 17.4. The molecular formula is C14H25N3O4S. The quantitative estimate of drug-likeness (QED) is 0.813. The molecule has 0 aliphatic carbocycles. The smallest absolute Gasteiger partial charge is 0.245 e. The van der Waals surface area contributed by atoms with Gasteiger partial charge in [-0.25, -0.2) is 8.42 Å². The summed E-state index contributed by atoms with van der Waals surface area (Å²) in [4.78, 5) is 4.23. The van der Waals surface area contributed by atoms with E-state index in [9.17, 15) is 13.5 Å². The molecule has 1 aliphatic heterocycles. The van der Waals surface area contributed by atoms with E-state index in [2.05, 4.69) is 10.1 Å². The van der Waals surface area contributed by atoms with E-state index in [-0.39, 0.29) is 24.1 Å². The molecule has 126 valence electrons. The van der Waals surface area contributed by atoms with Gasteiger partial charge < -0.3 is 9.63 Å². The molecule has 1 aromatic rings. The first-order valence-corrected chi connectivity index (χ1v) is 9.48. The molecule has 22 heavy (non-hydrogen) atoms. The predicted molar refractivity (Wildman–Crippen MR) is 81.6 cm³/mol. The summed E-state index contributed by atoms with van der Waals surface area (Å²) >= 11 is 0. The lowest BCUT2D eigenvalue weighted by Gasteiger charge is -2.23. The Hall–Kier alpha value is -0.990. The van der Waals surface area contributed by atoms with Crippen molar-refractivity contribution in [2.24, 2.45) is 5.92 Å². The fraction of sp³-hybridized carbons (Fsp3) is 0.857. The van der Waals surface area contributed by atoms with E-state index in [1.165, 1.54) is 4.31 Å². The third-order valence-electron chi connectivity index (χ3n) is 3.95. The lowest BCUT2D eigenvalue weighted by molar-refractivity contribution is 0.188. The molecule has 1 aromatic heterocycles. The van der Waals surface area contributed by atoms with Crippen molar-refractivity contribution in [2.75, 3.05) is 12.3 Å². The summed E-state index contributed by atoms with van der Waals surface area (Å²) in [6, 6.07) is -0.554. The van der Waals surface area contributed by atoms with Gasteiger partial charge in [-0.2, -0.15) is 9.29 Å². The number of nitrogens with zero attached hydrogens (tertiary/aromatic N) is 3. The highest BCUT2D eigenvalue weighted by Gasteiger charge is 2.42. The molecule has 7 nitrogen and oxygen atoms in total. The minimum Gasteiger partial charge on any atom is -0.392 e. The number of aliphatic hydroxyl groups is 1. The normalized spacial score (nSPS) is 24.7. The summed E-state index contributed by atoms with van der Waals surface area (Å²) in [5.74, 6) is 0.995. The van der Waals surface area contributed by atoms with Crippen LogP contribution in [0.2, 0.25) is 0 Å². The van der Waals surface area contributed by atoms with E-state index in [0.717, 1.165) is 12.8 Å². The number of aliphatic hydroxyl groups excluding tert-OH is 1. The maximum absolute atomic E-state index is 12.6. The Labute approximate surface area is 131 Å². The first-order chi connectivity index (χ1) is 10.4. The zero-order chi connectivity index (χ0) is 16.3. The van der Waals surface area contributed by atoms with E-state index < -0.39 is 22.2 Å². The second-order valence-electron chi connectivity index (χ2n) is 6.05. The highest BCUT2D eigenvalue weighted by atomic mass is 32.2. The van der Waals surface area contributed by atoms with Gasteiger partial charge in [0.2, 0.25) is 15.9 Å². The number of sulfonamides is 1. The monoisotopic (exact) mass is 331 g/mol. The second-order valence-corrected chi connectivity index (χ2v) is 8.02. The number of aryl methyl sites for hydroxylation is 1. The molecule has 0 amide bonds. The molecule has 0 bridgehead atoms. The number of hydrogen-bond donors (Lipinski definition) is 1. The van der Waals surface area contributed by atoms with Crippen LogP contribution >= 0.6 is 0 Å². The Bertz CT molecular complexity index is 587. The molecule has 1 fully saturated rings. The summed E-state index contributed by atoms with van der Waals surface area (Å²) in [5, 5.41) is 13.7. The van der Waals surface area contributed by atoms with Crippen LogP contribution in [0.5, 0.6) is 0 Å². The predicted octanol–water partition coefficient (Wildman–Crippen LogP) is 1.51. The van der Waals surface area contributed by atoms with Crippen LogP contribution < -0.4 is 0 Å². The van der Waals surface area contributed by atoms with Gasteiger partial charge in [0.15, 0.2) is 5.82 Å². The molecule has 1 saturated heterocycles. The van der Waals surface area contributed by atoms with Crippen molar-refractivity contribution in [1.82, 2.24) is 14.4 Å². The van der Waals surface area contributed by atoms with Crippen LogP contribution in [-0.4, -0.2) is 46.4 Å². The lowest BCUT2D eigenvalue weighted by atomic mass is 10.1. The highest BCUT2D eigenvalue weighted by Crippen LogP contribution is 2.34. The van der Waals surface area contributed by atoms with Crippen LogP contribution in [-0.2, 0) is 16.4 Å². The molecule has 2 rings (SSSR count). The molecular weight excluding hydrogens is 306 g/mol. The van der Waals surface area contributed by atoms with Crippen molar-refractivity contribution in [3.8, 4) is 0 Å². The lowest BCUT2D eigenvalue weighted by Crippen LogP contribution is -2.35. The minimum atomic E-state index is -3.46. The van der Waals surface area contributed by atoms with Gasteiger partial charge in [-0.05, 0) is 12.3 Å². The number of rotatable bonds is 7. The van der Waals surface area contributed by atoms with Crippen LogP contribution in [0.3, 0.4) is 0 Å². The molecule has 1 aliphatic rings. The minimum absolute atomic E-state index is 0.0822. The Kier molecular flexibility index (Phi) is 5.57. The SMILES string of the molecule is CCCC(C)CS(=O)(=O)N1C[C@@H](O)C[C@@H]1c1nc(CC)no1. The summed E-state index contributed by atoms with van der Waals surface area (Å²) in [7, 11) is -3.46. The molecule has 8 heteroatoms. The summed E-state index contributed by atoms with van der Waals surface area (Å²) in [6.07, 6.45) is 2.04. The Balaban J connectivity index is 2.19. The number of hydrogen-bond acceptors (Lipinski definition) is 6. The van der Waals surface area contributed by atoms with Gasteiger partial charge >= 0.3 is 0 Å². The van der Waals surface area contributed by atoms with Crippen LogP contribution in [0.15, 0.2) is 4.52 Å². The van der Waals surface area contributed by atoms with Crippen molar-refractivity contribution < 1.29 is 18.0 Å². The van der Waals surface area contributed by atoms with Gasteiger partial charge in [0.25, 0.3) is 0 Å². The van der Waals surface area contributed by atoms with E-state index in [4.69, 9.17) is 4.52 Å². The van der Waals surface area contributed by atoms with Gasteiger partial charge in [0.05, 0.1) is 11.9 Å². The zero-order valence-electron chi connectivity index (χ0n) is 13.4. The van der Waals surface area contributed by atoms with Gasteiger partial charge in [0, 0.05) is 19.4 Å². The van der Waals surface area contributed by atoms with Crippen LogP contribution in [0.4, 0.5) is 0 Å². The molecule has 2 heterocycles. The Morgan fingerprint density at radius 2 is 2.18 bits per heavy atom. The Morgan fingerprint density at radius 3 is 2.77 bits per heavy atom. The van der Waals surface area contributed by atoms with Gasteiger partial charge in [0.1, 0.15) is 6.04 Å². The van der Waals surface area contributed by atoms with Crippen LogP contribution in [0, 0.1) is 5.92 Å². The average molecular weight is 331 g/mol. The third-order valence-corrected chi connectivity index (χ3v) is 6.06. The Morgan fingerprint density at radius 1 is 1.45 bits per heavy atom. The first-order valence-electron chi connectivity index (χ1n) is 7.87. The van der Waals surface area contributed by atoms with Crippen molar-refractivity contribution in [3.63, 3.8) is 0 Å². The standard InChI is InChI=1S/C14H25N3O4S/c1-4-6-10(3)9-22(19,20)17-8-11(18)7-12(17)14-15-13(5-2)16-21-14/h10-12,18H,4-9H2,1-3H3/t10?,11-,12+/m0/s1. The maximum Gasteiger partial charge on any atom is 0.245 e. The fourth-order valence-electron chi connectivity index (χ4n) is 2.89. The van der Waals surface area contributed by atoms with E-state index in [1.807, 2.05) is 20.8 Å². The van der Waals surface area contributed by atoms with Gasteiger partial charge in [-0.1, -0.05) is 32.3 Å². The molecule has 3 atom stereocenters. The largest absolute Gasteiger partial charge is 0.392 e. The van der Waals surface area contributed by atoms with Crippen LogP contribution in [0.25, 0.3) is 0 Å². The molecule has 1 unspecified atom stereocenters. The molecule has 0 aromatic carbocycles. The number of β-amino-alcohol motifs (C(OH)–C–C–N with tert-alkyl or cyclic N) is 1. The molecule has 1 N–H and O–H groups in total. The van der Waals surface area contributed by atoms with E-state index in [0.29, 0.717) is 18.7 Å². The van der Waals surface area contributed by atoms with Crippen molar-refractivity contribution in [3.05, 3.63) is 11.7 Å². The highest BCUT2D eigenvalue weighted by molar-refractivity contribution is 7.89. The van der Waals surface area contributed by atoms with Gasteiger partial charge in [-0.3, -0.25) is 0 Å². The van der Waals surface area contributed by atoms with Gasteiger partial charge in [-0.15, -0.1) is 0 Å². The third kappa shape index (κ3) is 3.85. The summed E-state index contributed by atoms with van der Waals surface area (Å²) in [5.41, 5.74) is 0. The maximum atomic E-state index is 12.6. The van der Waals surface area contributed by atoms with E-state index in [1.54, 1.807) is 0 Å². The van der Waals surface area contributed by atoms with Crippen molar-refractivity contribution in [2.45, 2.75) is 58.6 Å². The summed E-state index contributed by atoms with van der Waals surface area (Å²) < 4.78 is 31.8. The molecule has 0 spiro atoms.